The summed E-state index contributed by atoms with van der Waals surface area (Å²) in [4.78, 5) is 14.9. The number of hydrogen-bond donors (Lipinski definition) is 0. The van der Waals surface area contributed by atoms with E-state index in [0.717, 1.165) is 22.1 Å². The molecule has 0 spiro atoms. The first-order valence-corrected chi connectivity index (χ1v) is 8.96. The largest absolute Gasteiger partial charge is 0.496 e. The van der Waals surface area contributed by atoms with Gasteiger partial charge in [0.2, 0.25) is 0 Å². The molecule has 0 radical (unpaired) electrons. The van der Waals surface area contributed by atoms with Crippen molar-refractivity contribution in [1.82, 2.24) is 4.90 Å². The van der Waals surface area contributed by atoms with Gasteiger partial charge in [-0.05, 0) is 39.9 Å². The Bertz CT molecular complexity index is 1130. The second-order valence-electron chi connectivity index (χ2n) is 6.70. The zero-order chi connectivity index (χ0) is 18.8. The van der Waals surface area contributed by atoms with Gasteiger partial charge in [-0.2, -0.15) is 0 Å². The molecule has 0 bridgehead atoms. The summed E-state index contributed by atoms with van der Waals surface area (Å²) in [6.45, 7) is 0.560. The third kappa shape index (κ3) is 3.24. The molecule has 4 aromatic carbocycles. The van der Waals surface area contributed by atoms with Crippen LogP contribution in [-0.2, 0) is 6.54 Å². The van der Waals surface area contributed by atoms with Crippen LogP contribution in [0.2, 0.25) is 0 Å². The number of hydrogen-bond acceptors (Lipinski definition) is 2. The third-order valence-electron chi connectivity index (χ3n) is 4.91. The highest BCUT2D eigenvalue weighted by Crippen LogP contribution is 2.29. The Morgan fingerprint density at radius 1 is 0.852 bits per heavy atom. The number of carbonyl (C=O) groups is 1. The van der Waals surface area contributed by atoms with Crippen LogP contribution < -0.4 is 4.74 Å². The molecule has 0 saturated carbocycles. The van der Waals surface area contributed by atoms with Gasteiger partial charge in [0.1, 0.15) is 5.75 Å². The topological polar surface area (TPSA) is 29.5 Å². The quantitative estimate of drug-likeness (QED) is 0.499. The van der Waals surface area contributed by atoms with Crippen LogP contribution >= 0.6 is 0 Å². The van der Waals surface area contributed by atoms with Gasteiger partial charge in [0.15, 0.2) is 0 Å². The van der Waals surface area contributed by atoms with Gasteiger partial charge < -0.3 is 9.64 Å². The lowest BCUT2D eigenvalue weighted by Crippen LogP contribution is -2.26. The van der Waals surface area contributed by atoms with Crippen molar-refractivity contribution >= 4 is 27.5 Å². The molecule has 0 saturated heterocycles. The smallest absolute Gasteiger partial charge is 0.254 e. The average Bonchev–Trinajstić information content (AvgIpc) is 2.72. The first-order valence-electron chi connectivity index (χ1n) is 8.96. The summed E-state index contributed by atoms with van der Waals surface area (Å²) in [5.74, 6) is 0.779. The van der Waals surface area contributed by atoms with Gasteiger partial charge in [-0.15, -0.1) is 0 Å². The van der Waals surface area contributed by atoms with Gasteiger partial charge in [-0.3, -0.25) is 4.79 Å². The van der Waals surface area contributed by atoms with Crippen LogP contribution in [0, 0.1) is 0 Å². The maximum absolute atomic E-state index is 13.1. The lowest BCUT2D eigenvalue weighted by atomic mass is 10.0. The maximum atomic E-state index is 13.1. The summed E-state index contributed by atoms with van der Waals surface area (Å²) >= 11 is 0. The van der Waals surface area contributed by atoms with Crippen LogP contribution in [0.3, 0.4) is 0 Å². The molecule has 3 heteroatoms. The van der Waals surface area contributed by atoms with Crippen molar-refractivity contribution in [2.45, 2.75) is 6.54 Å². The first kappa shape index (κ1) is 17.1. The fraction of sp³-hybridized carbons (Fsp3) is 0.125. The molecule has 0 atom stereocenters. The Morgan fingerprint density at radius 3 is 2.33 bits per heavy atom. The monoisotopic (exact) mass is 355 g/mol. The molecule has 1 amide bonds. The lowest BCUT2D eigenvalue weighted by molar-refractivity contribution is 0.0787. The van der Waals surface area contributed by atoms with Crippen molar-refractivity contribution in [1.29, 1.82) is 0 Å². The fourth-order valence-electron chi connectivity index (χ4n) is 3.52. The van der Waals surface area contributed by atoms with Crippen LogP contribution in [0.1, 0.15) is 15.9 Å². The molecular formula is C24H21NO2. The van der Waals surface area contributed by atoms with Crippen molar-refractivity contribution in [3.8, 4) is 5.75 Å². The molecule has 4 aromatic rings. The molecule has 0 heterocycles. The van der Waals surface area contributed by atoms with Gasteiger partial charge in [0.05, 0.1) is 7.11 Å². The van der Waals surface area contributed by atoms with E-state index < -0.39 is 0 Å². The van der Waals surface area contributed by atoms with Crippen molar-refractivity contribution in [2.75, 3.05) is 14.2 Å². The molecule has 3 nitrogen and oxygen atoms in total. The normalized spacial score (nSPS) is 10.9. The van der Waals surface area contributed by atoms with Crippen LogP contribution in [0.5, 0.6) is 5.75 Å². The zero-order valence-corrected chi connectivity index (χ0v) is 15.5. The number of ether oxygens (including phenoxy) is 1. The van der Waals surface area contributed by atoms with Crippen LogP contribution in [0.25, 0.3) is 21.5 Å². The van der Waals surface area contributed by atoms with E-state index in [0.29, 0.717) is 12.1 Å². The molecule has 0 aromatic heterocycles. The molecule has 0 aliphatic heterocycles. The zero-order valence-electron chi connectivity index (χ0n) is 15.5. The third-order valence-corrected chi connectivity index (χ3v) is 4.91. The van der Waals surface area contributed by atoms with E-state index in [1.165, 1.54) is 10.8 Å². The van der Waals surface area contributed by atoms with E-state index in [1.54, 1.807) is 12.0 Å². The van der Waals surface area contributed by atoms with Crippen molar-refractivity contribution in [2.24, 2.45) is 0 Å². The molecule has 4 rings (SSSR count). The van der Waals surface area contributed by atoms with Crippen molar-refractivity contribution in [3.05, 3.63) is 90.0 Å². The molecule has 0 fully saturated rings. The highest BCUT2D eigenvalue weighted by molar-refractivity contribution is 6.08. The standard InChI is InChI=1S/C24H21NO2/c1-25(16-17-11-12-18-7-3-4-8-19(18)15-17)24(26)22-13-14-23(27-2)21-10-6-5-9-20(21)22/h3-15H,16H2,1-2H3. The van der Waals surface area contributed by atoms with Gasteiger partial charge in [0.25, 0.3) is 5.91 Å². The number of carbonyl (C=O) groups excluding carboxylic acids is 1. The Morgan fingerprint density at radius 2 is 1.56 bits per heavy atom. The lowest BCUT2D eigenvalue weighted by Gasteiger charge is -2.19. The summed E-state index contributed by atoms with van der Waals surface area (Å²) in [6.07, 6.45) is 0. The minimum absolute atomic E-state index is 0.00186. The van der Waals surface area contributed by atoms with Gasteiger partial charge in [-0.1, -0.05) is 60.7 Å². The fourth-order valence-corrected chi connectivity index (χ4v) is 3.52. The summed E-state index contributed by atoms with van der Waals surface area (Å²) in [5.41, 5.74) is 1.80. The number of benzene rings is 4. The number of methoxy groups -OCH3 is 1. The molecule has 0 aliphatic rings. The Hall–Kier alpha value is -3.33. The van der Waals surface area contributed by atoms with Crippen LogP contribution in [-0.4, -0.2) is 25.0 Å². The van der Waals surface area contributed by atoms with Crippen molar-refractivity contribution in [3.63, 3.8) is 0 Å². The summed E-state index contributed by atoms with van der Waals surface area (Å²) in [6, 6.07) is 26.1. The Balaban J connectivity index is 1.65. The second-order valence-corrected chi connectivity index (χ2v) is 6.70. The second kappa shape index (κ2) is 7.12. The predicted molar refractivity (Wildman–Crippen MR) is 110 cm³/mol. The molecule has 27 heavy (non-hydrogen) atoms. The molecule has 0 aliphatic carbocycles. The van der Waals surface area contributed by atoms with E-state index in [2.05, 4.69) is 30.3 Å². The highest BCUT2D eigenvalue weighted by atomic mass is 16.5. The van der Waals surface area contributed by atoms with E-state index in [1.807, 2.05) is 55.6 Å². The minimum atomic E-state index is 0.00186. The molecule has 0 unspecified atom stereocenters. The van der Waals surface area contributed by atoms with Crippen molar-refractivity contribution < 1.29 is 9.53 Å². The van der Waals surface area contributed by atoms with E-state index >= 15 is 0 Å². The molecule has 0 N–H and O–H groups in total. The molecular weight excluding hydrogens is 334 g/mol. The number of nitrogens with zero attached hydrogens (tertiary/aromatic N) is 1. The minimum Gasteiger partial charge on any atom is -0.496 e. The van der Waals surface area contributed by atoms with E-state index in [4.69, 9.17) is 4.74 Å². The number of fused-ring (bicyclic) bond motifs is 2. The Labute approximate surface area is 158 Å². The van der Waals surface area contributed by atoms with E-state index in [-0.39, 0.29) is 5.91 Å². The molecule has 134 valence electrons. The number of rotatable bonds is 4. The van der Waals surface area contributed by atoms with Gasteiger partial charge in [-0.25, -0.2) is 0 Å². The summed E-state index contributed by atoms with van der Waals surface area (Å²) < 4.78 is 5.43. The van der Waals surface area contributed by atoms with Crippen LogP contribution in [0.4, 0.5) is 0 Å². The Kier molecular flexibility index (Phi) is 4.51. The highest BCUT2D eigenvalue weighted by Gasteiger charge is 2.16. The average molecular weight is 355 g/mol. The maximum Gasteiger partial charge on any atom is 0.254 e. The predicted octanol–water partition coefficient (Wildman–Crippen LogP) is 5.27. The SMILES string of the molecule is COc1ccc(C(=O)N(C)Cc2ccc3ccccc3c2)c2ccccc12. The van der Waals surface area contributed by atoms with Crippen LogP contribution in [0.15, 0.2) is 78.9 Å². The number of amides is 1. The van der Waals surface area contributed by atoms with Gasteiger partial charge >= 0.3 is 0 Å². The van der Waals surface area contributed by atoms with Gasteiger partial charge in [0, 0.05) is 24.5 Å². The first-order chi connectivity index (χ1) is 13.2. The summed E-state index contributed by atoms with van der Waals surface area (Å²) in [7, 11) is 3.49. The van der Waals surface area contributed by atoms with E-state index in [9.17, 15) is 4.79 Å². The summed E-state index contributed by atoms with van der Waals surface area (Å²) in [5, 5.41) is 4.25.